The molecule has 1 unspecified atom stereocenters. The summed E-state index contributed by atoms with van der Waals surface area (Å²) in [5.74, 6) is 0. The van der Waals surface area contributed by atoms with E-state index in [4.69, 9.17) is 9.05 Å². The zero-order valence-corrected chi connectivity index (χ0v) is 11.1. The van der Waals surface area contributed by atoms with Crippen molar-refractivity contribution in [2.24, 2.45) is 0 Å². The number of unbranched alkanes of at least 4 members (excludes halogenated alkanes) is 5. The molecular formula is C11H25O3P. The lowest BCUT2D eigenvalue weighted by Crippen LogP contribution is -1.91. The summed E-state index contributed by atoms with van der Waals surface area (Å²) in [7, 11) is -2.21. The van der Waals surface area contributed by atoms with E-state index < -0.39 is 8.25 Å². The van der Waals surface area contributed by atoms with Crippen LogP contribution in [0.25, 0.3) is 0 Å². The molecule has 3 nitrogen and oxygen atoms in total. The van der Waals surface area contributed by atoms with Gasteiger partial charge in [-0.25, -0.2) is 0 Å². The Hall–Kier alpha value is 0.150. The van der Waals surface area contributed by atoms with Crippen molar-refractivity contribution >= 4 is 8.25 Å². The fraction of sp³-hybridized carbons (Fsp3) is 1.00. The first-order valence-electron chi connectivity index (χ1n) is 6.10. The molecule has 0 heterocycles. The average Bonchev–Trinajstić information content (AvgIpc) is 2.24. The third-order valence-electron chi connectivity index (χ3n) is 2.19. The zero-order chi connectivity index (χ0) is 11.4. The Kier molecular flexibility index (Phi) is 12.3. The summed E-state index contributed by atoms with van der Waals surface area (Å²) in [6.07, 6.45) is 7.84. The highest BCUT2D eigenvalue weighted by Crippen LogP contribution is 2.24. The van der Waals surface area contributed by atoms with Crippen molar-refractivity contribution in [1.29, 1.82) is 0 Å². The van der Waals surface area contributed by atoms with Gasteiger partial charge in [-0.05, 0) is 12.8 Å². The molecule has 0 aliphatic carbocycles. The predicted molar refractivity (Wildman–Crippen MR) is 64.6 cm³/mol. The normalized spacial score (nSPS) is 12.9. The van der Waals surface area contributed by atoms with Crippen LogP contribution in [0.15, 0.2) is 0 Å². The van der Waals surface area contributed by atoms with Gasteiger partial charge in [0.05, 0.1) is 13.2 Å². The van der Waals surface area contributed by atoms with Crippen LogP contribution >= 0.6 is 8.25 Å². The van der Waals surface area contributed by atoms with Gasteiger partial charge in [0.2, 0.25) is 0 Å². The standard InChI is InChI=1S/C11H25O3P/c1-3-5-7-9-11-14-15(12)13-10-8-6-4-2/h15H,3-11H2,1-2H3. The topological polar surface area (TPSA) is 35.5 Å². The minimum Gasteiger partial charge on any atom is -0.311 e. The molecule has 0 saturated carbocycles. The predicted octanol–water partition coefficient (Wildman–Crippen LogP) is 4.18. The minimum atomic E-state index is -2.21. The second kappa shape index (κ2) is 12.2. The van der Waals surface area contributed by atoms with Crippen molar-refractivity contribution in [1.82, 2.24) is 0 Å². The van der Waals surface area contributed by atoms with Crippen molar-refractivity contribution in [2.75, 3.05) is 13.2 Å². The van der Waals surface area contributed by atoms with Crippen LogP contribution in [0, 0.1) is 0 Å². The van der Waals surface area contributed by atoms with E-state index >= 15 is 0 Å². The van der Waals surface area contributed by atoms with E-state index in [2.05, 4.69) is 13.8 Å². The molecule has 0 N–H and O–H groups in total. The number of hydrogen-bond donors (Lipinski definition) is 0. The Balaban J connectivity index is 3.11. The van der Waals surface area contributed by atoms with Crippen LogP contribution in [0.2, 0.25) is 0 Å². The molecule has 0 radical (unpaired) electrons. The van der Waals surface area contributed by atoms with Crippen LogP contribution in [-0.2, 0) is 13.6 Å². The molecule has 1 atom stereocenters. The van der Waals surface area contributed by atoms with Gasteiger partial charge in [-0.15, -0.1) is 0 Å². The monoisotopic (exact) mass is 236 g/mol. The molecule has 15 heavy (non-hydrogen) atoms. The van der Waals surface area contributed by atoms with E-state index in [-0.39, 0.29) is 0 Å². The van der Waals surface area contributed by atoms with Gasteiger partial charge in [0.25, 0.3) is 0 Å². The van der Waals surface area contributed by atoms with Crippen molar-refractivity contribution in [3.8, 4) is 0 Å². The van der Waals surface area contributed by atoms with E-state index in [0.717, 1.165) is 32.1 Å². The molecule has 0 amide bonds. The SMILES string of the molecule is CCCCCCO[PH](=O)OCCCCC. The van der Waals surface area contributed by atoms with Gasteiger partial charge in [-0.3, -0.25) is 4.57 Å². The molecule has 0 aromatic carbocycles. The quantitative estimate of drug-likeness (QED) is 0.399. The highest BCUT2D eigenvalue weighted by atomic mass is 31.1. The van der Waals surface area contributed by atoms with E-state index in [1.54, 1.807) is 0 Å². The summed E-state index contributed by atoms with van der Waals surface area (Å²) in [5.41, 5.74) is 0. The van der Waals surface area contributed by atoms with E-state index in [1.165, 1.54) is 12.8 Å². The second-order valence-electron chi connectivity index (χ2n) is 3.71. The fourth-order valence-electron chi connectivity index (χ4n) is 1.23. The van der Waals surface area contributed by atoms with Crippen LogP contribution in [0.3, 0.4) is 0 Å². The molecule has 0 saturated heterocycles. The van der Waals surface area contributed by atoms with Gasteiger partial charge >= 0.3 is 8.25 Å². The first kappa shape index (κ1) is 15.2. The summed E-state index contributed by atoms with van der Waals surface area (Å²) in [5, 5.41) is 0. The second-order valence-corrected chi connectivity index (χ2v) is 4.79. The largest absolute Gasteiger partial charge is 0.319 e. The van der Waals surface area contributed by atoms with Crippen molar-refractivity contribution in [2.45, 2.75) is 58.8 Å². The zero-order valence-electron chi connectivity index (χ0n) is 10.1. The van der Waals surface area contributed by atoms with Crippen LogP contribution in [0.1, 0.15) is 58.8 Å². The average molecular weight is 236 g/mol. The third-order valence-corrected chi connectivity index (χ3v) is 3.07. The van der Waals surface area contributed by atoms with Gasteiger partial charge < -0.3 is 9.05 Å². The number of hydrogen-bond acceptors (Lipinski definition) is 3. The molecule has 0 fully saturated rings. The van der Waals surface area contributed by atoms with Crippen LogP contribution < -0.4 is 0 Å². The highest BCUT2D eigenvalue weighted by molar-refractivity contribution is 7.33. The molecule has 92 valence electrons. The molecule has 0 aromatic heterocycles. The summed E-state index contributed by atoms with van der Waals surface area (Å²) < 4.78 is 21.3. The Bertz CT molecular complexity index is 151. The maximum absolute atomic E-state index is 11.2. The summed E-state index contributed by atoms with van der Waals surface area (Å²) in [6, 6.07) is 0. The Labute approximate surface area is 94.5 Å². The first-order chi connectivity index (χ1) is 7.31. The molecule has 0 rings (SSSR count). The van der Waals surface area contributed by atoms with Crippen molar-refractivity contribution in [3.63, 3.8) is 0 Å². The van der Waals surface area contributed by atoms with Gasteiger partial charge in [-0.1, -0.05) is 46.0 Å². The van der Waals surface area contributed by atoms with Crippen molar-refractivity contribution in [3.05, 3.63) is 0 Å². The molecule has 0 aliphatic rings. The highest BCUT2D eigenvalue weighted by Gasteiger charge is 1.98. The Morgan fingerprint density at radius 2 is 1.27 bits per heavy atom. The molecule has 0 bridgehead atoms. The van der Waals surface area contributed by atoms with E-state index in [1.807, 2.05) is 0 Å². The van der Waals surface area contributed by atoms with Gasteiger partial charge in [0, 0.05) is 0 Å². The van der Waals surface area contributed by atoms with E-state index in [0.29, 0.717) is 13.2 Å². The fourth-order valence-corrected chi connectivity index (χ4v) is 1.94. The Morgan fingerprint density at radius 1 is 0.800 bits per heavy atom. The Morgan fingerprint density at radius 3 is 1.80 bits per heavy atom. The van der Waals surface area contributed by atoms with Gasteiger partial charge in [-0.2, -0.15) is 0 Å². The molecule has 0 spiro atoms. The maximum Gasteiger partial charge on any atom is 0.319 e. The number of rotatable bonds is 11. The molecule has 0 aliphatic heterocycles. The smallest absolute Gasteiger partial charge is 0.311 e. The van der Waals surface area contributed by atoms with Crippen molar-refractivity contribution < 1.29 is 13.6 Å². The summed E-state index contributed by atoms with van der Waals surface area (Å²) >= 11 is 0. The van der Waals surface area contributed by atoms with E-state index in [9.17, 15) is 4.57 Å². The van der Waals surface area contributed by atoms with Gasteiger partial charge in [0.15, 0.2) is 0 Å². The minimum absolute atomic E-state index is 0.570. The van der Waals surface area contributed by atoms with Crippen LogP contribution in [-0.4, -0.2) is 13.2 Å². The lowest BCUT2D eigenvalue weighted by Gasteiger charge is -2.04. The van der Waals surface area contributed by atoms with Gasteiger partial charge in [0.1, 0.15) is 0 Å². The molecule has 0 aromatic rings. The lowest BCUT2D eigenvalue weighted by atomic mass is 10.2. The lowest BCUT2D eigenvalue weighted by molar-refractivity contribution is 0.219. The van der Waals surface area contributed by atoms with Crippen LogP contribution in [0.5, 0.6) is 0 Å². The summed E-state index contributed by atoms with van der Waals surface area (Å²) in [6.45, 7) is 5.44. The molecule has 4 heteroatoms. The van der Waals surface area contributed by atoms with Crippen LogP contribution in [0.4, 0.5) is 0 Å². The molecular weight excluding hydrogens is 211 g/mol. The third kappa shape index (κ3) is 12.1. The maximum atomic E-state index is 11.2. The first-order valence-corrected chi connectivity index (χ1v) is 7.33. The summed E-state index contributed by atoms with van der Waals surface area (Å²) in [4.78, 5) is 0.